The van der Waals surface area contributed by atoms with Crippen LogP contribution in [0.15, 0.2) is 0 Å². The van der Waals surface area contributed by atoms with E-state index in [4.69, 9.17) is 5.11 Å². The second-order valence-electron chi connectivity index (χ2n) is 6.30. The van der Waals surface area contributed by atoms with Gasteiger partial charge in [-0.25, -0.2) is 9.59 Å². The Morgan fingerprint density at radius 3 is 2.32 bits per heavy atom. The second kappa shape index (κ2) is 8.00. The van der Waals surface area contributed by atoms with Gasteiger partial charge in [-0.3, -0.25) is 4.79 Å². The molecule has 0 aromatic rings. The van der Waals surface area contributed by atoms with Crippen LogP contribution in [0.3, 0.4) is 0 Å². The van der Waals surface area contributed by atoms with Crippen molar-refractivity contribution in [2.24, 2.45) is 5.92 Å². The first kappa shape index (κ1) is 16.6. The van der Waals surface area contributed by atoms with Crippen LogP contribution in [0, 0.1) is 5.92 Å². The predicted molar refractivity (Wildman–Crippen MR) is 80.3 cm³/mol. The molecule has 22 heavy (non-hydrogen) atoms. The third-order valence-electron chi connectivity index (χ3n) is 4.25. The largest absolute Gasteiger partial charge is 0.480 e. The van der Waals surface area contributed by atoms with Crippen molar-refractivity contribution in [2.75, 3.05) is 6.54 Å². The lowest BCUT2D eigenvalue weighted by atomic mass is 9.96. The number of nitrogens with one attached hydrogen (secondary N) is 3. The summed E-state index contributed by atoms with van der Waals surface area (Å²) < 4.78 is 0. The third-order valence-corrected chi connectivity index (χ3v) is 4.25. The Morgan fingerprint density at radius 2 is 1.73 bits per heavy atom. The number of carboxylic acid groups (broad SMARTS) is 1. The van der Waals surface area contributed by atoms with Crippen molar-refractivity contribution in [2.45, 2.75) is 63.5 Å². The molecule has 4 N–H and O–H groups in total. The summed E-state index contributed by atoms with van der Waals surface area (Å²) in [5.41, 5.74) is 0. The highest BCUT2D eigenvalue weighted by molar-refractivity contribution is 5.87. The van der Waals surface area contributed by atoms with Crippen LogP contribution in [-0.2, 0) is 9.59 Å². The van der Waals surface area contributed by atoms with Crippen LogP contribution in [-0.4, -0.2) is 41.6 Å². The molecule has 1 unspecified atom stereocenters. The second-order valence-corrected chi connectivity index (χ2v) is 6.30. The van der Waals surface area contributed by atoms with Crippen molar-refractivity contribution in [3.05, 3.63) is 0 Å². The lowest BCUT2D eigenvalue weighted by Crippen LogP contribution is -2.49. The van der Waals surface area contributed by atoms with Crippen molar-refractivity contribution < 1.29 is 19.5 Å². The molecular formula is C15H25N3O4. The Morgan fingerprint density at radius 1 is 1.05 bits per heavy atom. The number of carbonyl (C=O) groups excluding carboxylic acids is 2. The van der Waals surface area contributed by atoms with Crippen molar-refractivity contribution >= 4 is 17.9 Å². The van der Waals surface area contributed by atoms with E-state index >= 15 is 0 Å². The number of carboxylic acids is 1. The van der Waals surface area contributed by atoms with Gasteiger partial charge < -0.3 is 21.1 Å². The summed E-state index contributed by atoms with van der Waals surface area (Å²) in [6, 6.07) is -1.04. The van der Waals surface area contributed by atoms with Crippen LogP contribution in [0.4, 0.5) is 4.79 Å². The highest BCUT2D eigenvalue weighted by Crippen LogP contribution is 2.33. The van der Waals surface area contributed by atoms with E-state index in [0.717, 1.165) is 38.5 Å². The molecule has 0 heterocycles. The smallest absolute Gasteiger partial charge is 0.326 e. The number of rotatable bonds is 7. The molecule has 0 bridgehead atoms. The molecule has 3 amide bonds. The summed E-state index contributed by atoms with van der Waals surface area (Å²) in [6.45, 7) is -0.201. The summed E-state index contributed by atoms with van der Waals surface area (Å²) in [5.74, 6) is -1.08. The van der Waals surface area contributed by atoms with Crippen LogP contribution in [0.5, 0.6) is 0 Å². The van der Waals surface area contributed by atoms with Crippen LogP contribution in [0.25, 0.3) is 0 Å². The normalized spacial score (nSPS) is 20.0. The summed E-state index contributed by atoms with van der Waals surface area (Å²) in [7, 11) is 0. The first-order valence-electron chi connectivity index (χ1n) is 8.11. The predicted octanol–water partition coefficient (Wildman–Crippen LogP) is 0.988. The van der Waals surface area contributed by atoms with Gasteiger partial charge in [0.15, 0.2) is 0 Å². The topological polar surface area (TPSA) is 108 Å². The molecule has 0 radical (unpaired) electrons. The molecule has 1 atom stereocenters. The van der Waals surface area contributed by atoms with Gasteiger partial charge in [0.05, 0.1) is 6.54 Å². The van der Waals surface area contributed by atoms with Crippen LogP contribution in [0.1, 0.15) is 51.4 Å². The Balaban J connectivity index is 1.64. The van der Waals surface area contributed by atoms with Gasteiger partial charge in [-0.15, -0.1) is 0 Å². The molecule has 0 aliphatic heterocycles. The summed E-state index contributed by atoms with van der Waals surface area (Å²) in [4.78, 5) is 34.5. The summed E-state index contributed by atoms with van der Waals surface area (Å²) >= 11 is 0. The first-order chi connectivity index (χ1) is 10.5. The standard InChI is InChI=1S/C15H25N3O4/c19-13(18-12(14(20)21)8-10-6-7-10)9-16-15(22)17-11-4-2-1-3-5-11/h10-12H,1-9H2,(H,18,19)(H,20,21)(H2,16,17,22). The van der Waals surface area contributed by atoms with E-state index in [9.17, 15) is 14.4 Å². The molecule has 7 nitrogen and oxygen atoms in total. The zero-order valence-electron chi connectivity index (χ0n) is 12.8. The number of urea groups is 1. The monoisotopic (exact) mass is 311 g/mol. The van der Waals surface area contributed by atoms with Gasteiger partial charge in [-0.1, -0.05) is 32.1 Å². The molecule has 2 rings (SSSR count). The van der Waals surface area contributed by atoms with E-state index in [-0.39, 0.29) is 18.6 Å². The highest BCUT2D eigenvalue weighted by atomic mass is 16.4. The first-order valence-corrected chi connectivity index (χ1v) is 8.11. The Kier molecular flexibility index (Phi) is 6.03. The number of aliphatic carboxylic acids is 1. The number of carbonyl (C=O) groups is 3. The average Bonchev–Trinajstić information content (AvgIpc) is 3.29. The van der Waals surface area contributed by atoms with Gasteiger partial charge in [-0.05, 0) is 25.2 Å². The van der Waals surface area contributed by atoms with Gasteiger partial charge in [-0.2, -0.15) is 0 Å². The maximum atomic E-state index is 11.7. The molecule has 2 aliphatic carbocycles. The van der Waals surface area contributed by atoms with E-state index in [1.54, 1.807) is 0 Å². The zero-order chi connectivity index (χ0) is 15.9. The summed E-state index contributed by atoms with van der Waals surface area (Å²) in [5, 5.41) is 16.9. The zero-order valence-corrected chi connectivity index (χ0v) is 12.8. The fraction of sp³-hybridized carbons (Fsp3) is 0.800. The molecule has 2 aliphatic rings. The van der Waals surface area contributed by atoms with Crippen molar-refractivity contribution in [1.82, 2.24) is 16.0 Å². The Bertz CT molecular complexity index is 417. The Labute approximate surface area is 130 Å². The van der Waals surface area contributed by atoms with Gasteiger partial charge in [0.25, 0.3) is 0 Å². The molecule has 2 saturated carbocycles. The van der Waals surface area contributed by atoms with Crippen LogP contribution < -0.4 is 16.0 Å². The van der Waals surface area contributed by atoms with E-state index in [2.05, 4.69) is 16.0 Å². The van der Waals surface area contributed by atoms with Gasteiger partial charge in [0, 0.05) is 6.04 Å². The molecule has 0 saturated heterocycles. The van der Waals surface area contributed by atoms with Crippen molar-refractivity contribution in [3.8, 4) is 0 Å². The Hall–Kier alpha value is -1.79. The van der Waals surface area contributed by atoms with Gasteiger partial charge in [0.2, 0.25) is 5.91 Å². The van der Waals surface area contributed by atoms with E-state index in [0.29, 0.717) is 12.3 Å². The van der Waals surface area contributed by atoms with Crippen molar-refractivity contribution in [3.63, 3.8) is 0 Å². The van der Waals surface area contributed by atoms with E-state index in [1.165, 1.54) is 6.42 Å². The van der Waals surface area contributed by atoms with Crippen LogP contribution in [0.2, 0.25) is 0 Å². The van der Waals surface area contributed by atoms with Crippen molar-refractivity contribution in [1.29, 1.82) is 0 Å². The summed E-state index contributed by atoms with van der Waals surface area (Å²) in [6.07, 6.45) is 7.92. The lowest BCUT2D eigenvalue weighted by molar-refractivity contribution is -0.142. The third kappa shape index (κ3) is 5.91. The lowest BCUT2D eigenvalue weighted by Gasteiger charge is -2.22. The molecule has 0 aromatic carbocycles. The van der Waals surface area contributed by atoms with Gasteiger partial charge >= 0.3 is 12.0 Å². The molecule has 0 aromatic heterocycles. The number of hydrogen-bond donors (Lipinski definition) is 4. The van der Waals surface area contributed by atoms with E-state index in [1.807, 2.05) is 0 Å². The van der Waals surface area contributed by atoms with E-state index < -0.39 is 17.9 Å². The molecule has 7 heteroatoms. The average molecular weight is 311 g/mol. The number of amides is 3. The fourth-order valence-corrected chi connectivity index (χ4v) is 2.80. The number of hydrogen-bond acceptors (Lipinski definition) is 3. The maximum Gasteiger partial charge on any atom is 0.326 e. The van der Waals surface area contributed by atoms with Gasteiger partial charge in [0.1, 0.15) is 6.04 Å². The quantitative estimate of drug-likeness (QED) is 0.562. The molecule has 2 fully saturated rings. The maximum absolute atomic E-state index is 11.7. The molecular weight excluding hydrogens is 286 g/mol. The molecule has 0 spiro atoms. The minimum Gasteiger partial charge on any atom is -0.480 e. The minimum atomic E-state index is -1.02. The molecule has 124 valence electrons. The SMILES string of the molecule is O=C(CNC(=O)NC1CCCCC1)NC(CC1CC1)C(=O)O. The highest BCUT2D eigenvalue weighted by Gasteiger charge is 2.30. The van der Waals surface area contributed by atoms with Crippen LogP contribution >= 0.6 is 0 Å². The fourth-order valence-electron chi connectivity index (χ4n) is 2.80. The minimum absolute atomic E-state index is 0.179.